The van der Waals surface area contributed by atoms with E-state index in [9.17, 15) is 5.11 Å². The Hall–Kier alpha value is -0.910. The van der Waals surface area contributed by atoms with Crippen LogP contribution < -0.4 is 0 Å². The number of aryl methyl sites for hydroxylation is 1. The lowest BCUT2D eigenvalue weighted by Crippen LogP contribution is -2.21. The van der Waals surface area contributed by atoms with E-state index >= 15 is 0 Å². The molecule has 4 nitrogen and oxygen atoms in total. The summed E-state index contributed by atoms with van der Waals surface area (Å²) in [5.41, 5.74) is 0. The highest BCUT2D eigenvalue weighted by Gasteiger charge is 2.25. The Balaban J connectivity index is 2.09. The van der Waals surface area contributed by atoms with Crippen molar-refractivity contribution in [2.45, 2.75) is 25.3 Å². The van der Waals surface area contributed by atoms with Crippen molar-refractivity contribution in [1.29, 1.82) is 0 Å². The number of halogens is 1. The second-order valence-electron chi connectivity index (χ2n) is 4.14. The monoisotopic (exact) mass is 269 g/mol. The SMILES string of the molecule is OCC1CCCc2nnc(-c3ccc(Cl)s3)n21. The average molecular weight is 270 g/mol. The van der Waals surface area contributed by atoms with E-state index in [1.54, 1.807) is 0 Å². The van der Waals surface area contributed by atoms with Gasteiger partial charge < -0.3 is 9.67 Å². The topological polar surface area (TPSA) is 50.9 Å². The smallest absolute Gasteiger partial charge is 0.174 e. The Kier molecular flexibility index (Phi) is 2.90. The third kappa shape index (κ3) is 1.88. The van der Waals surface area contributed by atoms with Gasteiger partial charge in [-0.25, -0.2) is 0 Å². The second-order valence-corrected chi connectivity index (χ2v) is 5.86. The fraction of sp³-hybridized carbons (Fsp3) is 0.455. The molecular formula is C11H12ClN3OS. The molecule has 1 N–H and O–H groups in total. The summed E-state index contributed by atoms with van der Waals surface area (Å²) in [6.07, 6.45) is 2.98. The highest BCUT2D eigenvalue weighted by atomic mass is 35.5. The Morgan fingerprint density at radius 2 is 2.35 bits per heavy atom. The third-order valence-corrected chi connectivity index (χ3v) is 4.30. The van der Waals surface area contributed by atoms with Gasteiger partial charge in [0.25, 0.3) is 0 Å². The van der Waals surface area contributed by atoms with Crippen molar-refractivity contribution in [2.24, 2.45) is 0 Å². The molecule has 6 heteroatoms. The minimum Gasteiger partial charge on any atom is -0.394 e. The summed E-state index contributed by atoms with van der Waals surface area (Å²) in [6.45, 7) is 0.136. The van der Waals surface area contributed by atoms with Crippen molar-refractivity contribution < 1.29 is 5.11 Å². The molecule has 0 aromatic carbocycles. The zero-order valence-electron chi connectivity index (χ0n) is 9.14. The number of hydrogen-bond donors (Lipinski definition) is 1. The molecule has 0 radical (unpaired) electrons. The number of thiophene rings is 1. The first-order valence-electron chi connectivity index (χ1n) is 5.60. The molecule has 3 heterocycles. The molecule has 1 atom stereocenters. The third-order valence-electron chi connectivity index (χ3n) is 3.07. The largest absolute Gasteiger partial charge is 0.394 e. The second kappa shape index (κ2) is 4.40. The summed E-state index contributed by atoms with van der Waals surface area (Å²) < 4.78 is 2.81. The van der Waals surface area contributed by atoms with E-state index in [2.05, 4.69) is 14.8 Å². The molecule has 0 spiro atoms. The molecule has 0 saturated heterocycles. The Morgan fingerprint density at radius 3 is 3.06 bits per heavy atom. The normalized spacial score (nSPS) is 19.3. The molecule has 0 saturated carbocycles. The van der Waals surface area contributed by atoms with Crippen LogP contribution in [0.15, 0.2) is 12.1 Å². The number of aliphatic hydroxyl groups excluding tert-OH is 1. The zero-order valence-corrected chi connectivity index (χ0v) is 10.7. The summed E-state index contributed by atoms with van der Waals surface area (Å²) >= 11 is 7.43. The molecular weight excluding hydrogens is 258 g/mol. The van der Waals surface area contributed by atoms with E-state index in [1.165, 1.54) is 11.3 Å². The first-order valence-corrected chi connectivity index (χ1v) is 6.79. The lowest BCUT2D eigenvalue weighted by molar-refractivity contribution is 0.207. The van der Waals surface area contributed by atoms with Crippen LogP contribution in [0.5, 0.6) is 0 Å². The van der Waals surface area contributed by atoms with Crippen molar-refractivity contribution in [2.75, 3.05) is 6.61 Å². The van der Waals surface area contributed by atoms with Crippen molar-refractivity contribution in [3.8, 4) is 10.7 Å². The van der Waals surface area contributed by atoms with E-state index in [4.69, 9.17) is 11.6 Å². The number of fused-ring (bicyclic) bond motifs is 1. The van der Waals surface area contributed by atoms with Gasteiger partial charge in [-0.15, -0.1) is 21.5 Å². The molecule has 1 aliphatic heterocycles. The highest BCUT2D eigenvalue weighted by Crippen LogP contribution is 2.34. The van der Waals surface area contributed by atoms with Crippen LogP contribution in [-0.4, -0.2) is 26.5 Å². The number of aliphatic hydroxyl groups is 1. The molecule has 0 amide bonds. The zero-order chi connectivity index (χ0) is 11.8. The Morgan fingerprint density at radius 1 is 1.47 bits per heavy atom. The van der Waals surface area contributed by atoms with Gasteiger partial charge in [0.2, 0.25) is 0 Å². The number of hydrogen-bond acceptors (Lipinski definition) is 4. The van der Waals surface area contributed by atoms with Gasteiger partial charge in [0.05, 0.1) is 21.9 Å². The van der Waals surface area contributed by atoms with Gasteiger partial charge in [0.1, 0.15) is 5.82 Å². The minimum absolute atomic E-state index is 0.102. The van der Waals surface area contributed by atoms with Crippen LogP contribution in [0.4, 0.5) is 0 Å². The molecule has 2 aromatic heterocycles. The summed E-state index contributed by atoms with van der Waals surface area (Å²) in [6, 6.07) is 3.91. The van der Waals surface area contributed by atoms with Crippen molar-refractivity contribution in [1.82, 2.24) is 14.8 Å². The van der Waals surface area contributed by atoms with Gasteiger partial charge in [0, 0.05) is 6.42 Å². The molecule has 2 aromatic rings. The lowest BCUT2D eigenvalue weighted by atomic mass is 10.1. The van der Waals surface area contributed by atoms with Crippen molar-refractivity contribution >= 4 is 22.9 Å². The van der Waals surface area contributed by atoms with E-state index < -0.39 is 0 Å². The Bertz CT molecular complexity index is 537. The van der Waals surface area contributed by atoms with Gasteiger partial charge in [-0.3, -0.25) is 0 Å². The van der Waals surface area contributed by atoms with E-state index in [1.807, 2.05) is 12.1 Å². The molecule has 90 valence electrons. The maximum atomic E-state index is 9.43. The molecule has 17 heavy (non-hydrogen) atoms. The van der Waals surface area contributed by atoms with Crippen molar-refractivity contribution in [3.05, 3.63) is 22.3 Å². The van der Waals surface area contributed by atoms with Crippen LogP contribution in [0, 0.1) is 0 Å². The molecule has 0 fully saturated rings. The van der Waals surface area contributed by atoms with Gasteiger partial charge >= 0.3 is 0 Å². The molecule has 0 bridgehead atoms. The van der Waals surface area contributed by atoms with Gasteiger partial charge in [-0.1, -0.05) is 11.6 Å². The van der Waals surface area contributed by atoms with E-state index in [0.29, 0.717) is 0 Å². The van der Waals surface area contributed by atoms with Crippen LogP contribution in [0.2, 0.25) is 4.34 Å². The number of nitrogens with zero attached hydrogens (tertiary/aromatic N) is 3. The fourth-order valence-electron chi connectivity index (χ4n) is 2.28. The van der Waals surface area contributed by atoms with E-state index in [-0.39, 0.29) is 12.6 Å². The molecule has 1 aliphatic rings. The van der Waals surface area contributed by atoms with Crippen LogP contribution in [0.25, 0.3) is 10.7 Å². The van der Waals surface area contributed by atoms with Gasteiger partial charge in [0.15, 0.2) is 5.82 Å². The minimum atomic E-state index is 0.102. The predicted molar refractivity (Wildman–Crippen MR) is 67.4 cm³/mol. The van der Waals surface area contributed by atoms with Crippen LogP contribution in [0.3, 0.4) is 0 Å². The molecule has 3 rings (SSSR count). The number of rotatable bonds is 2. The maximum absolute atomic E-state index is 9.43. The first-order chi connectivity index (χ1) is 8.29. The van der Waals surface area contributed by atoms with Crippen molar-refractivity contribution in [3.63, 3.8) is 0 Å². The predicted octanol–water partition coefficient (Wildman–Crippen LogP) is 2.53. The highest BCUT2D eigenvalue weighted by molar-refractivity contribution is 7.19. The average Bonchev–Trinajstić information content (AvgIpc) is 2.94. The Labute approximate surface area is 108 Å². The van der Waals surface area contributed by atoms with Crippen LogP contribution in [0.1, 0.15) is 24.7 Å². The van der Waals surface area contributed by atoms with Gasteiger partial charge in [-0.2, -0.15) is 0 Å². The maximum Gasteiger partial charge on any atom is 0.174 e. The first kappa shape index (κ1) is 11.2. The van der Waals surface area contributed by atoms with E-state index in [0.717, 1.165) is 40.1 Å². The summed E-state index contributed by atoms with van der Waals surface area (Å²) in [5, 5.41) is 17.9. The van der Waals surface area contributed by atoms with Crippen LogP contribution >= 0.6 is 22.9 Å². The quantitative estimate of drug-likeness (QED) is 0.911. The summed E-state index contributed by atoms with van der Waals surface area (Å²) in [7, 11) is 0. The number of aromatic nitrogens is 3. The van der Waals surface area contributed by atoms with Crippen LogP contribution in [-0.2, 0) is 6.42 Å². The molecule has 1 unspecified atom stereocenters. The lowest BCUT2D eigenvalue weighted by Gasteiger charge is -2.23. The summed E-state index contributed by atoms with van der Waals surface area (Å²) in [5.74, 6) is 1.80. The molecule has 0 aliphatic carbocycles. The standard InChI is InChI=1S/C11H12ClN3OS/c12-9-5-4-8(17-9)11-14-13-10-3-1-2-7(6-16)15(10)11/h4-5,7,16H,1-3,6H2. The fourth-order valence-corrected chi connectivity index (χ4v) is 3.30. The van der Waals surface area contributed by atoms with Gasteiger partial charge in [-0.05, 0) is 25.0 Å². The summed E-state index contributed by atoms with van der Waals surface area (Å²) in [4.78, 5) is 1.01.